The summed E-state index contributed by atoms with van der Waals surface area (Å²) in [7, 11) is 0. The second-order valence-corrected chi connectivity index (χ2v) is 7.58. The maximum Gasteiger partial charge on any atom is 0.342 e. The number of hydrogen-bond acceptors (Lipinski definition) is 10. The van der Waals surface area contributed by atoms with Gasteiger partial charge in [0.1, 0.15) is 17.8 Å². The van der Waals surface area contributed by atoms with E-state index in [4.69, 9.17) is 9.84 Å². The molecule has 1 unspecified atom stereocenters. The first-order valence-electron chi connectivity index (χ1n) is 10.1. The van der Waals surface area contributed by atoms with Gasteiger partial charge < -0.3 is 35.5 Å². The van der Waals surface area contributed by atoms with E-state index in [2.05, 4.69) is 0 Å². The number of halogens is 1. The van der Waals surface area contributed by atoms with Crippen LogP contribution < -0.4 is 11.2 Å². The number of aromatic nitrogens is 2. The average Bonchev–Trinajstić information content (AvgIpc) is 2.94. The third-order valence-electron chi connectivity index (χ3n) is 5.40. The van der Waals surface area contributed by atoms with Crippen molar-refractivity contribution in [2.75, 3.05) is 6.61 Å². The normalized spacial score (nSPS) is 28.9. The van der Waals surface area contributed by atoms with Crippen LogP contribution in [0.4, 0.5) is 4.39 Å². The highest BCUT2D eigenvalue weighted by atomic mass is 19.1. The molecule has 2 heterocycles. The molecule has 0 spiro atoms. The number of nitrogens with one attached hydrogen (secondary N) is 1. The van der Waals surface area contributed by atoms with Crippen LogP contribution in [-0.4, -0.2) is 82.2 Å². The summed E-state index contributed by atoms with van der Waals surface area (Å²) in [6.45, 7) is 0.939. The molecule has 2 rings (SSSR count). The number of aromatic amines is 1. The van der Waals surface area contributed by atoms with Crippen molar-refractivity contribution in [3.8, 4) is 0 Å². The van der Waals surface area contributed by atoms with E-state index in [-0.39, 0.29) is 17.4 Å². The van der Waals surface area contributed by atoms with Crippen molar-refractivity contribution in [1.29, 1.82) is 0 Å². The number of hydroxylamine groups is 2. The third-order valence-corrected chi connectivity index (χ3v) is 5.40. The molecule has 0 aliphatic carbocycles. The number of alkyl halides is 1. The standard InChI is InChI=1S/C18H28FN3O10/c1-2-3-4-5-6-7-12(19)22(31)17(29)13(24)11(9-23)32-18(17,30)21-8-10(15(26)27)14(25)20-16(21)28/h8,11-13,23-24,29-31H,2-7,9H2,1H3,(H,26,27)(H,20,25,28)/t11-,12?,13-,17-,18+/m1/s1. The summed E-state index contributed by atoms with van der Waals surface area (Å²) in [4.78, 5) is 36.8. The number of carboxylic acid groups (broad SMARTS) is 1. The average molecular weight is 465 g/mol. The van der Waals surface area contributed by atoms with Gasteiger partial charge >= 0.3 is 17.6 Å². The van der Waals surface area contributed by atoms with Crippen molar-refractivity contribution in [3.05, 3.63) is 32.6 Å². The fraction of sp³-hybridized carbons (Fsp3) is 0.722. The molecular weight excluding hydrogens is 437 g/mol. The lowest BCUT2D eigenvalue weighted by Crippen LogP contribution is -2.70. The molecule has 13 nitrogen and oxygen atoms in total. The minimum atomic E-state index is -3.51. The maximum absolute atomic E-state index is 14.8. The second kappa shape index (κ2) is 10.2. The van der Waals surface area contributed by atoms with Crippen LogP contribution in [0.1, 0.15) is 55.8 Å². The number of ether oxygens (including phenoxy) is 1. The topological polar surface area (TPSA) is 206 Å². The van der Waals surface area contributed by atoms with Crippen LogP contribution >= 0.6 is 0 Å². The zero-order valence-electron chi connectivity index (χ0n) is 17.3. The summed E-state index contributed by atoms with van der Waals surface area (Å²) >= 11 is 0. The van der Waals surface area contributed by atoms with Crippen molar-refractivity contribution in [1.82, 2.24) is 14.6 Å². The molecule has 1 aromatic rings. The first kappa shape index (κ1) is 26.1. The SMILES string of the molecule is CCCCCCCC(F)N(O)[C@@]1(O)[C@H](O)[C@@H](CO)O[C@]1(O)n1cc(C(=O)O)c(=O)[nH]c1=O. The number of carboxylic acids is 1. The van der Waals surface area contributed by atoms with Crippen LogP contribution in [0.2, 0.25) is 0 Å². The Kier molecular flexibility index (Phi) is 8.27. The van der Waals surface area contributed by atoms with E-state index in [0.29, 0.717) is 12.6 Å². The van der Waals surface area contributed by atoms with Crippen LogP contribution in [0.15, 0.2) is 15.8 Å². The zero-order chi connectivity index (χ0) is 24.3. The molecule has 1 aromatic heterocycles. The summed E-state index contributed by atoms with van der Waals surface area (Å²) in [5.74, 6) is -5.33. The minimum Gasteiger partial charge on any atom is -0.477 e. The van der Waals surface area contributed by atoms with Gasteiger partial charge in [-0.15, -0.1) is 5.06 Å². The Hall–Kier alpha value is -2.20. The van der Waals surface area contributed by atoms with Gasteiger partial charge in [-0.25, -0.2) is 18.5 Å². The Morgan fingerprint density at radius 3 is 2.50 bits per heavy atom. The van der Waals surface area contributed by atoms with Gasteiger partial charge in [-0.05, 0) is 12.8 Å². The molecule has 0 radical (unpaired) electrons. The Bertz CT molecular complexity index is 923. The van der Waals surface area contributed by atoms with E-state index in [1.807, 2.05) is 6.92 Å². The molecule has 7 N–H and O–H groups in total. The van der Waals surface area contributed by atoms with Gasteiger partial charge in [0.15, 0.2) is 6.30 Å². The lowest BCUT2D eigenvalue weighted by Gasteiger charge is -2.43. The number of unbranched alkanes of at least 4 members (excludes halogenated alkanes) is 4. The Morgan fingerprint density at radius 1 is 1.31 bits per heavy atom. The smallest absolute Gasteiger partial charge is 0.342 e. The maximum atomic E-state index is 14.8. The number of aromatic carboxylic acids is 1. The molecule has 182 valence electrons. The number of carbonyl (C=O) groups is 1. The highest BCUT2D eigenvalue weighted by Crippen LogP contribution is 2.44. The summed E-state index contributed by atoms with van der Waals surface area (Å²) in [5.41, 5.74) is -7.40. The molecular formula is C18H28FN3O10. The highest BCUT2D eigenvalue weighted by Gasteiger charge is 2.71. The Morgan fingerprint density at radius 2 is 1.94 bits per heavy atom. The van der Waals surface area contributed by atoms with Gasteiger partial charge in [0, 0.05) is 6.20 Å². The van der Waals surface area contributed by atoms with E-state index >= 15 is 0 Å². The monoisotopic (exact) mass is 465 g/mol. The van der Waals surface area contributed by atoms with Crippen LogP contribution in [0, 0.1) is 0 Å². The number of rotatable bonds is 11. The molecule has 1 fully saturated rings. The fourth-order valence-electron chi connectivity index (χ4n) is 3.57. The molecule has 1 saturated heterocycles. The first-order chi connectivity index (χ1) is 14.9. The van der Waals surface area contributed by atoms with Crippen LogP contribution in [0.5, 0.6) is 0 Å². The number of aliphatic hydroxyl groups excluding tert-OH is 2. The molecule has 14 heteroatoms. The van der Waals surface area contributed by atoms with Gasteiger partial charge in [-0.1, -0.05) is 32.6 Å². The molecule has 1 aliphatic rings. The van der Waals surface area contributed by atoms with Crippen molar-refractivity contribution in [3.63, 3.8) is 0 Å². The van der Waals surface area contributed by atoms with Gasteiger partial charge in [-0.3, -0.25) is 9.78 Å². The predicted octanol–water partition coefficient (Wildman–Crippen LogP) is -1.37. The first-order valence-corrected chi connectivity index (χ1v) is 10.1. The Labute approximate surface area is 180 Å². The van der Waals surface area contributed by atoms with Crippen LogP contribution in [0.25, 0.3) is 0 Å². The molecule has 0 bridgehead atoms. The van der Waals surface area contributed by atoms with E-state index < -0.39 is 64.6 Å². The van der Waals surface area contributed by atoms with Crippen molar-refractivity contribution < 1.29 is 44.7 Å². The predicted molar refractivity (Wildman–Crippen MR) is 103 cm³/mol. The number of H-pyrrole nitrogens is 1. The molecule has 32 heavy (non-hydrogen) atoms. The quantitative estimate of drug-likeness (QED) is 0.0878. The van der Waals surface area contributed by atoms with E-state index in [0.717, 1.165) is 19.3 Å². The summed E-state index contributed by atoms with van der Waals surface area (Å²) < 4.78 is 19.7. The highest BCUT2D eigenvalue weighted by molar-refractivity contribution is 5.86. The van der Waals surface area contributed by atoms with Gasteiger partial charge in [0.05, 0.1) is 6.61 Å². The molecule has 0 aromatic carbocycles. The lowest BCUT2D eigenvalue weighted by atomic mass is 10.00. The summed E-state index contributed by atoms with van der Waals surface area (Å²) in [6, 6.07) is 0. The number of hydrogen-bond donors (Lipinski definition) is 7. The van der Waals surface area contributed by atoms with E-state index in [1.165, 1.54) is 0 Å². The zero-order valence-corrected chi connectivity index (χ0v) is 17.3. The van der Waals surface area contributed by atoms with Gasteiger partial charge in [0.2, 0.25) is 5.72 Å². The summed E-state index contributed by atoms with van der Waals surface area (Å²) in [5, 5.41) is 61.0. The molecule has 1 aliphatic heterocycles. The largest absolute Gasteiger partial charge is 0.477 e. The third kappa shape index (κ3) is 4.47. The number of nitrogens with zero attached hydrogens (tertiary/aromatic N) is 2. The van der Waals surface area contributed by atoms with Crippen molar-refractivity contribution in [2.45, 2.75) is 75.6 Å². The Balaban J connectivity index is 2.49. The van der Waals surface area contributed by atoms with Gasteiger partial charge in [-0.2, -0.15) is 0 Å². The van der Waals surface area contributed by atoms with E-state index in [1.54, 1.807) is 4.98 Å². The lowest BCUT2D eigenvalue weighted by molar-refractivity contribution is -0.428. The summed E-state index contributed by atoms with van der Waals surface area (Å²) in [6.07, 6.45) is -3.07. The molecule has 0 amide bonds. The van der Waals surface area contributed by atoms with E-state index in [9.17, 15) is 44.4 Å². The second-order valence-electron chi connectivity index (χ2n) is 7.58. The van der Waals surface area contributed by atoms with Crippen LogP contribution in [-0.2, 0) is 10.6 Å². The van der Waals surface area contributed by atoms with Gasteiger partial charge in [0.25, 0.3) is 5.56 Å². The molecule has 5 atom stereocenters. The fourth-order valence-corrected chi connectivity index (χ4v) is 3.57. The van der Waals surface area contributed by atoms with Crippen molar-refractivity contribution >= 4 is 5.97 Å². The minimum absolute atomic E-state index is 0.0199. The molecule has 0 saturated carbocycles. The van der Waals surface area contributed by atoms with Crippen molar-refractivity contribution in [2.24, 2.45) is 0 Å². The number of aliphatic hydroxyl groups is 4. The van der Waals surface area contributed by atoms with Crippen LogP contribution in [0.3, 0.4) is 0 Å².